The summed E-state index contributed by atoms with van der Waals surface area (Å²) in [6, 6.07) is 0.813. The Morgan fingerprint density at radius 1 is 1.38 bits per heavy atom. The van der Waals surface area contributed by atoms with Gasteiger partial charge in [-0.15, -0.1) is 0 Å². The lowest BCUT2D eigenvalue weighted by atomic mass is 10.0. The van der Waals surface area contributed by atoms with E-state index < -0.39 is 5.60 Å². The smallest absolute Gasteiger partial charge is 0.410 e. The van der Waals surface area contributed by atoms with Gasteiger partial charge in [-0.2, -0.15) is 0 Å². The highest BCUT2D eigenvalue weighted by Crippen LogP contribution is 2.16. The highest BCUT2D eigenvalue weighted by atomic mass is 16.6. The van der Waals surface area contributed by atoms with Gasteiger partial charge in [0.15, 0.2) is 0 Å². The molecule has 21 heavy (non-hydrogen) atoms. The van der Waals surface area contributed by atoms with Crippen molar-refractivity contribution >= 4 is 6.09 Å². The first-order valence-corrected chi connectivity index (χ1v) is 7.97. The molecular formula is C16H33N3O2. The Morgan fingerprint density at radius 3 is 2.48 bits per heavy atom. The van der Waals surface area contributed by atoms with Crippen molar-refractivity contribution < 1.29 is 9.53 Å². The molecule has 0 spiro atoms. The quantitative estimate of drug-likeness (QED) is 0.845. The van der Waals surface area contributed by atoms with Crippen LogP contribution in [-0.2, 0) is 4.74 Å². The number of amides is 1. The van der Waals surface area contributed by atoms with Crippen molar-refractivity contribution in [2.24, 2.45) is 5.92 Å². The van der Waals surface area contributed by atoms with Crippen molar-refractivity contribution in [2.75, 3.05) is 33.7 Å². The van der Waals surface area contributed by atoms with Gasteiger partial charge < -0.3 is 19.9 Å². The molecule has 0 saturated carbocycles. The van der Waals surface area contributed by atoms with Gasteiger partial charge in [0.25, 0.3) is 0 Å². The van der Waals surface area contributed by atoms with Gasteiger partial charge in [-0.1, -0.05) is 13.8 Å². The third-order valence-electron chi connectivity index (χ3n) is 3.66. The molecule has 0 radical (unpaired) electrons. The van der Waals surface area contributed by atoms with Gasteiger partial charge in [-0.3, -0.25) is 0 Å². The van der Waals surface area contributed by atoms with E-state index in [0.29, 0.717) is 18.0 Å². The van der Waals surface area contributed by atoms with Crippen LogP contribution in [0.4, 0.5) is 4.79 Å². The van der Waals surface area contributed by atoms with E-state index in [1.54, 1.807) is 0 Å². The van der Waals surface area contributed by atoms with Crippen LogP contribution in [0.3, 0.4) is 0 Å². The number of carbonyl (C=O) groups excluding carboxylic acids is 1. The standard InChI is InChI=1S/C16H33N3O2/c1-12(2)14(11-18(6)7)17-13-8-9-19(10-13)15(20)21-16(3,4)5/h12-14,17H,8-11H2,1-7H3. The Balaban J connectivity index is 2.48. The zero-order valence-corrected chi connectivity index (χ0v) is 14.8. The van der Waals surface area contributed by atoms with Crippen LogP contribution in [0, 0.1) is 5.92 Å². The minimum atomic E-state index is -0.423. The summed E-state index contributed by atoms with van der Waals surface area (Å²) in [6.45, 7) is 12.7. The number of hydrogen-bond acceptors (Lipinski definition) is 4. The Hall–Kier alpha value is -0.810. The molecule has 2 atom stereocenters. The molecule has 1 N–H and O–H groups in total. The Morgan fingerprint density at radius 2 is 2.00 bits per heavy atom. The summed E-state index contributed by atoms with van der Waals surface area (Å²) in [5.74, 6) is 0.572. The van der Waals surface area contributed by atoms with Crippen molar-refractivity contribution in [2.45, 2.75) is 58.7 Å². The molecule has 1 saturated heterocycles. The van der Waals surface area contributed by atoms with Crippen LogP contribution in [0.1, 0.15) is 41.0 Å². The summed E-state index contributed by atoms with van der Waals surface area (Å²) in [4.78, 5) is 16.1. The minimum Gasteiger partial charge on any atom is -0.444 e. The molecular weight excluding hydrogens is 266 g/mol. The number of hydrogen-bond donors (Lipinski definition) is 1. The van der Waals surface area contributed by atoms with Gasteiger partial charge in [0.2, 0.25) is 0 Å². The summed E-state index contributed by atoms with van der Waals surface area (Å²) in [7, 11) is 4.19. The van der Waals surface area contributed by atoms with Gasteiger partial charge in [0, 0.05) is 31.7 Å². The van der Waals surface area contributed by atoms with E-state index in [-0.39, 0.29) is 6.09 Å². The average molecular weight is 299 g/mol. The number of carbonyl (C=O) groups is 1. The summed E-state index contributed by atoms with van der Waals surface area (Å²) in [6.07, 6.45) is 0.802. The molecule has 1 aliphatic rings. The topological polar surface area (TPSA) is 44.8 Å². The van der Waals surface area contributed by atoms with E-state index in [1.165, 1.54) is 0 Å². The monoisotopic (exact) mass is 299 g/mol. The molecule has 0 aromatic rings. The van der Waals surface area contributed by atoms with Crippen molar-refractivity contribution in [3.05, 3.63) is 0 Å². The maximum Gasteiger partial charge on any atom is 0.410 e. The highest BCUT2D eigenvalue weighted by Gasteiger charge is 2.31. The third kappa shape index (κ3) is 6.66. The number of nitrogens with one attached hydrogen (secondary N) is 1. The minimum absolute atomic E-state index is 0.194. The molecule has 1 heterocycles. The van der Waals surface area contributed by atoms with Crippen LogP contribution in [0.2, 0.25) is 0 Å². The Bertz CT molecular complexity index is 337. The zero-order valence-electron chi connectivity index (χ0n) is 14.8. The van der Waals surface area contributed by atoms with E-state index >= 15 is 0 Å². The lowest BCUT2D eigenvalue weighted by Gasteiger charge is -2.29. The van der Waals surface area contributed by atoms with Crippen LogP contribution < -0.4 is 5.32 Å². The zero-order chi connectivity index (χ0) is 16.2. The van der Waals surface area contributed by atoms with Crippen LogP contribution in [0.15, 0.2) is 0 Å². The molecule has 0 aliphatic carbocycles. The molecule has 0 aromatic heterocycles. The first-order valence-electron chi connectivity index (χ1n) is 7.97. The van der Waals surface area contributed by atoms with Gasteiger partial charge in [-0.25, -0.2) is 4.79 Å². The molecule has 124 valence electrons. The van der Waals surface area contributed by atoms with Crippen molar-refractivity contribution in [1.29, 1.82) is 0 Å². The van der Waals surface area contributed by atoms with E-state index in [2.05, 4.69) is 38.2 Å². The van der Waals surface area contributed by atoms with Crippen LogP contribution in [0.25, 0.3) is 0 Å². The largest absolute Gasteiger partial charge is 0.444 e. The SMILES string of the molecule is CC(C)C(CN(C)C)NC1CCN(C(=O)OC(C)(C)C)C1. The second-order valence-electron chi connectivity index (χ2n) is 7.69. The molecule has 2 unspecified atom stereocenters. The average Bonchev–Trinajstić information content (AvgIpc) is 2.73. The first kappa shape index (κ1) is 18.2. The molecule has 1 amide bonds. The summed E-state index contributed by atoms with van der Waals surface area (Å²) in [5, 5.41) is 3.70. The molecule has 5 nitrogen and oxygen atoms in total. The fourth-order valence-corrected chi connectivity index (χ4v) is 2.54. The van der Waals surface area contributed by atoms with E-state index in [9.17, 15) is 4.79 Å². The number of nitrogens with zero attached hydrogens (tertiary/aromatic N) is 2. The molecule has 0 bridgehead atoms. The molecule has 1 fully saturated rings. The predicted molar refractivity (Wildman–Crippen MR) is 86.5 cm³/mol. The van der Waals surface area contributed by atoms with E-state index in [0.717, 1.165) is 26.1 Å². The maximum absolute atomic E-state index is 12.1. The fourth-order valence-electron chi connectivity index (χ4n) is 2.54. The van der Waals surface area contributed by atoms with Crippen LogP contribution >= 0.6 is 0 Å². The van der Waals surface area contributed by atoms with E-state index in [1.807, 2.05) is 25.7 Å². The second kappa shape index (κ2) is 7.45. The normalized spacial score (nSPS) is 21.2. The lowest BCUT2D eigenvalue weighted by Crippen LogP contribution is -2.48. The number of likely N-dealkylation sites (N-methyl/N-ethyl adjacent to an activating group) is 1. The maximum atomic E-state index is 12.1. The Labute approximate surface area is 130 Å². The number of likely N-dealkylation sites (tertiary alicyclic amines) is 1. The number of rotatable bonds is 5. The van der Waals surface area contributed by atoms with Gasteiger partial charge >= 0.3 is 6.09 Å². The van der Waals surface area contributed by atoms with Crippen molar-refractivity contribution in [3.63, 3.8) is 0 Å². The summed E-state index contributed by atoms with van der Waals surface area (Å²) < 4.78 is 5.44. The predicted octanol–water partition coefficient (Wildman–Crippen LogP) is 2.17. The molecule has 1 rings (SSSR count). The first-order chi connectivity index (χ1) is 9.58. The fraction of sp³-hybridized carbons (Fsp3) is 0.938. The second-order valence-corrected chi connectivity index (χ2v) is 7.69. The van der Waals surface area contributed by atoms with Gasteiger partial charge in [0.1, 0.15) is 5.60 Å². The van der Waals surface area contributed by atoms with Crippen LogP contribution in [-0.4, -0.2) is 67.3 Å². The highest BCUT2D eigenvalue weighted by molar-refractivity contribution is 5.68. The lowest BCUT2D eigenvalue weighted by molar-refractivity contribution is 0.0290. The molecule has 5 heteroatoms. The Kier molecular flexibility index (Phi) is 6.47. The summed E-state index contributed by atoms with van der Waals surface area (Å²) >= 11 is 0. The van der Waals surface area contributed by atoms with Crippen molar-refractivity contribution in [1.82, 2.24) is 15.1 Å². The van der Waals surface area contributed by atoms with Gasteiger partial charge in [0.05, 0.1) is 0 Å². The molecule has 0 aromatic carbocycles. The number of ether oxygens (including phenoxy) is 1. The van der Waals surface area contributed by atoms with Crippen molar-refractivity contribution in [3.8, 4) is 0 Å². The third-order valence-corrected chi connectivity index (χ3v) is 3.66. The van der Waals surface area contributed by atoms with Crippen LogP contribution in [0.5, 0.6) is 0 Å². The van der Waals surface area contributed by atoms with Gasteiger partial charge in [-0.05, 0) is 47.2 Å². The van der Waals surface area contributed by atoms with E-state index in [4.69, 9.17) is 4.74 Å². The molecule has 1 aliphatic heterocycles. The summed E-state index contributed by atoms with van der Waals surface area (Å²) in [5.41, 5.74) is -0.423.